The second-order valence-electron chi connectivity index (χ2n) is 7.17. The average Bonchev–Trinajstić information content (AvgIpc) is 3.20. The summed E-state index contributed by atoms with van der Waals surface area (Å²) in [7, 11) is 0. The number of aromatic nitrogens is 2. The molecule has 28 heavy (non-hydrogen) atoms. The van der Waals surface area contributed by atoms with Gasteiger partial charge in [0.2, 0.25) is 0 Å². The van der Waals surface area contributed by atoms with E-state index in [-0.39, 0.29) is 5.91 Å². The summed E-state index contributed by atoms with van der Waals surface area (Å²) in [5.74, 6) is -0.0739. The molecule has 1 heterocycles. The molecule has 0 aliphatic heterocycles. The van der Waals surface area contributed by atoms with Gasteiger partial charge in [0.25, 0.3) is 5.91 Å². The molecule has 3 rings (SSSR count). The minimum atomic E-state index is -0.0739. The van der Waals surface area contributed by atoms with Crippen LogP contribution in [0.15, 0.2) is 67.0 Å². The number of rotatable bonds is 8. The fourth-order valence-electron chi connectivity index (χ4n) is 3.11. The molecule has 1 N–H and O–H groups in total. The van der Waals surface area contributed by atoms with Crippen molar-refractivity contribution in [3.05, 3.63) is 83.7 Å². The van der Waals surface area contributed by atoms with Gasteiger partial charge in [0.1, 0.15) is 0 Å². The van der Waals surface area contributed by atoms with E-state index in [2.05, 4.69) is 36.1 Å². The maximum atomic E-state index is 12.4. The van der Waals surface area contributed by atoms with Crippen molar-refractivity contribution in [2.45, 2.75) is 39.9 Å². The monoisotopic (exact) mass is 376 g/mol. The van der Waals surface area contributed by atoms with Crippen molar-refractivity contribution < 1.29 is 4.79 Å². The minimum absolute atomic E-state index is 0.0739. The molecule has 0 radical (unpaired) electrons. The molecule has 2 aromatic carbocycles. The lowest BCUT2D eigenvalue weighted by Gasteiger charge is -2.24. The zero-order valence-electron chi connectivity index (χ0n) is 16.8. The quantitative estimate of drug-likeness (QED) is 0.646. The predicted octanol–water partition coefficient (Wildman–Crippen LogP) is 4.03. The smallest absolute Gasteiger partial charge is 0.251 e. The van der Waals surface area contributed by atoms with Gasteiger partial charge in [-0.2, -0.15) is 5.10 Å². The summed E-state index contributed by atoms with van der Waals surface area (Å²) in [6.07, 6.45) is 3.71. The molecule has 5 nitrogen and oxygen atoms in total. The molecule has 1 amide bonds. The number of carbonyl (C=O) groups excluding carboxylic acids is 1. The first kappa shape index (κ1) is 19.8. The first-order valence-corrected chi connectivity index (χ1v) is 9.77. The number of nitrogens with one attached hydrogen (secondary N) is 1. The van der Waals surface area contributed by atoms with Gasteiger partial charge in [-0.15, -0.1) is 0 Å². The highest BCUT2D eigenvalue weighted by molar-refractivity contribution is 5.94. The molecule has 146 valence electrons. The number of benzene rings is 2. The van der Waals surface area contributed by atoms with Crippen LogP contribution in [0, 0.1) is 0 Å². The highest BCUT2D eigenvalue weighted by atomic mass is 16.1. The Kier molecular flexibility index (Phi) is 6.61. The van der Waals surface area contributed by atoms with Crippen molar-refractivity contribution in [1.82, 2.24) is 20.0 Å². The van der Waals surface area contributed by atoms with Gasteiger partial charge in [-0.1, -0.05) is 37.3 Å². The standard InChI is InChI=1S/C23H28N4O/c1-4-26(18(2)3)16-19-10-12-21(13-11-19)23(28)24-14-20-15-25-27(17-20)22-8-6-5-7-9-22/h5-13,15,17-18H,4,14,16H2,1-3H3,(H,24,28). The van der Waals surface area contributed by atoms with E-state index in [9.17, 15) is 4.79 Å². The molecule has 0 aliphatic rings. The number of hydrogen-bond donors (Lipinski definition) is 1. The first-order chi connectivity index (χ1) is 13.6. The summed E-state index contributed by atoms with van der Waals surface area (Å²) >= 11 is 0. The van der Waals surface area contributed by atoms with Crippen LogP contribution in [0.3, 0.4) is 0 Å². The molecule has 0 fully saturated rings. The third-order valence-corrected chi connectivity index (χ3v) is 4.85. The van der Waals surface area contributed by atoms with Gasteiger partial charge >= 0.3 is 0 Å². The third-order valence-electron chi connectivity index (χ3n) is 4.85. The van der Waals surface area contributed by atoms with Crippen molar-refractivity contribution in [3.8, 4) is 5.69 Å². The second kappa shape index (κ2) is 9.33. The molecule has 0 unspecified atom stereocenters. The summed E-state index contributed by atoms with van der Waals surface area (Å²) in [5.41, 5.74) is 3.85. The predicted molar refractivity (Wildman–Crippen MR) is 112 cm³/mol. The first-order valence-electron chi connectivity index (χ1n) is 9.77. The summed E-state index contributed by atoms with van der Waals surface area (Å²) in [5, 5.41) is 7.33. The van der Waals surface area contributed by atoms with Crippen LogP contribution in [0.2, 0.25) is 0 Å². The van der Waals surface area contributed by atoms with E-state index < -0.39 is 0 Å². The number of para-hydroxylation sites is 1. The highest BCUT2D eigenvalue weighted by Crippen LogP contribution is 2.11. The lowest BCUT2D eigenvalue weighted by molar-refractivity contribution is 0.0951. The fraction of sp³-hybridized carbons (Fsp3) is 0.304. The Morgan fingerprint density at radius 2 is 1.79 bits per heavy atom. The summed E-state index contributed by atoms with van der Waals surface area (Å²) in [6, 6.07) is 18.3. The molecule has 1 aromatic heterocycles. The van der Waals surface area contributed by atoms with E-state index in [1.165, 1.54) is 5.56 Å². The van der Waals surface area contributed by atoms with Crippen molar-refractivity contribution in [2.75, 3.05) is 6.54 Å². The zero-order chi connectivity index (χ0) is 19.9. The molecule has 0 atom stereocenters. The van der Waals surface area contributed by atoms with Crippen molar-refractivity contribution in [2.24, 2.45) is 0 Å². The van der Waals surface area contributed by atoms with E-state index in [0.717, 1.165) is 24.3 Å². The van der Waals surface area contributed by atoms with E-state index in [1.807, 2.05) is 65.5 Å². The number of nitrogens with zero attached hydrogens (tertiary/aromatic N) is 3. The Morgan fingerprint density at radius 3 is 2.43 bits per heavy atom. The van der Waals surface area contributed by atoms with E-state index in [4.69, 9.17) is 0 Å². The van der Waals surface area contributed by atoms with Crippen LogP contribution in [0.1, 0.15) is 42.3 Å². The normalized spacial score (nSPS) is 11.2. The second-order valence-corrected chi connectivity index (χ2v) is 7.17. The Morgan fingerprint density at radius 1 is 1.07 bits per heavy atom. The maximum absolute atomic E-state index is 12.4. The summed E-state index contributed by atoms with van der Waals surface area (Å²) in [4.78, 5) is 14.8. The van der Waals surface area contributed by atoms with Gasteiger partial charge < -0.3 is 5.32 Å². The molecule has 0 spiro atoms. The third kappa shape index (κ3) is 5.08. The lowest BCUT2D eigenvalue weighted by atomic mass is 10.1. The van der Waals surface area contributed by atoms with Crippen LogP contribution in [-0.2, 0) is 13.1 Å². The molecular weight excluding hydrogens is 348 g/mol. The van der Waals surface area contributed by atoms with Gasteiger partial charge in [-0.05, 0) is 50.2 Å². The van der Waals surface area contributed by atoms with Crippen LogP contribution in [0.5, 0.6) is 0 Å². The van der Waals surface area contributed by atoms with Crippen molar-refractivity contribution >= 4 is 5.91 Å². The van der Waals surface area contributed by atoms with Crippen LogP contribution in [0.4, 0.5) is 0 Å². The van der Waals surface area contributed by atoms with E-state index in [1.54, 1.807) is 6.20 Å². The number of hydrogen-bond acceptors (Lipinski definition) is 3. The molecule has 0 saturated carbocycles. The molecule has 0 bridgehead atoms. The summed E-state index contributed by atoms with van der Waals surface area (Å²) < 4.78 is 1.81. The van der Waals surface area contributed by atoms with Gasteiger partial charge in [0.15, 0.2) is 0 Å². The number of carbonyl (C=O) groups is 1. The largest absolute Gasteiger partial charge is 0.348 e. The van der Waals surface area contributed by atoms with Crippen molar-refractivity contribution in [1.29, 1.82) is 0 Å². The minimum Gasteiger partial charge on any atom is -0.348 e. The summed E-state index contributed by atoms with van der Waals surface area (Å²) in [6.45, 7) is 8.92. The molecule has 0 saturated heterocycles. The molecular formula is C23H28N4O. The van der Waals surface area contributed by atoms with E-state index in [0.29, 0.717) is 18.2 Å². The van der Waals surface area contributed by atoms with Gasteiger partial charge in [0.05, 0.1) is 11.9 Å². The number of amides is 1. The maximum Gasteiger partial charge on any atom is 0.251 e. The van der Waals surface area contributed by atoms with Gasteiger partial charge in [0, 0.05) is 36.5 Å². The SMILES string of the molecule is CCN(Cc1ccc(C(=O)NCc2cnn(-c3ccccc3)c2)cc1)C(C)C. The topological polar surface area (TPSA) is 50.2 Å². The van der Waals surface area contributed by atoms with E-state index >= 15 is 0 Å². The zero-order valence-corrected chi connectivity index (χ0v) is 16.8. The Balaban J connectivity index is 1.56. The Bertz CT molecular complexity index is 884. The van der Waals surface area contributed by atoms with Crippen molar-refractivity contribution in [3.63, 3.8) is 0 Å². The van der Waals surface area contributed by atoms with Crippen LogP contribution in [0.25, 0.3) is 5.69 Å². The molecule has 3 aromatic rings. The average molecular weight is 377 g/mol. The van der Waals surface area contributed by atoms with Crippen LogP contribution >= 0.6 is 0 Å². The van der Waals surface area contributed by atoms with Gasteiger partial charge in [-0.3, -0.25) is 9.69 Å². The highest BCUT2D eigenvalue weighted by Gasteiger charge is 2.10. The van der Waals surface area contributed by atoms with Crippen LogP contribution in [-0.4, -0.2) is 33.2 Å². The Hall–Kier alpha value is -2.92. The Labute approximate surface area is 167 Å². The fourth-order valence-corrected chi connectivity index (χ4v) is 3.11. The molecule has 0 aliphatic carbocycles. The molecule has 5 heteroatoms. The van der Waals surface area contributed by atoms with Crippen LogP contribution < -0.4 is 5.32 Å². The lowest BCUT2D eigenvalue weighted by Crippen LogP contribution is -2.30. The van der Waals surface area contributed by atoms with Gasteiger partial charge in [-0.25, -0.2) is 4.68 Å².